The molecule has 1 heterocycles. The number of hydrogen-bond acceptors (Lipinski definition) is 5. The lowest BCUT2D eigenvalue weighted by Crippen LogP contribution is -2.52. The van der Waals surface area contributed by atoms with Gasteiger partial charge in [0.2, 0.25) is 5.88 Å². The summed E-state index contributed by atoms with van der Waals surface area (Å²) in [6, 6.07) is 0. The highest BCUT2D eigenvalue weighted by molar-refractivity contribution is 5.23. The summed E-state index contributed by atoms with van der Waals surface area (Å²) < 4.78 is 5.25. The van der Waals surface area contributed by atoms with Crippen molar-refractivity contribution >= 4 is 0 Å². The molecule has 0 saturated carbocycles. The summed E-state index contributed by atoms with van der Waals surface area (Å²) in [6.07, 6.45) is 4.13. The fourth-order valence-corrected chi connectivity index (χ4v) is 3.05. The van der Waals surface area contributed by atoms with E-state index in [4.69, 9.17) is 4.74 Å². The topological polar surface area (TPSA) is 58.5 Å². The molecule has 0 radical (unpaired) electrons. The number of rotatable bonds is 8. The molecule has 0 amide bonds. The van der Waals surface area contributed by atoms with Crippen LogP contribution in [0, 0.1) is 0 Å². The summed E-state index contributed by atoms with van der Waals surface area (Å²) in [5.74, 6) is 0.401. The first-order valence-corrected chi connectivity index (χ1v) is 7.39. The van der Waals surface area contributed by atoms with E-state index < -0.39 is 6.10 Å². The van der Waals surface area contributed by atoms with Gasteiger partial charge in [-0.2, -0.15) is 0 Å². The summed E-state index contributed by atoms with van der Waals surface area (Å²) in [4.78, 5) is 10.7. The normalized spacial score (nSPS) is 13.6. The van der Waals surface area contributed by atoms with Crippen LogP contribution in [0.1, 0.15) is 52.3 Å². The van der Waals surface area contributed by atoms with Crippen molar-refractivity contribution in [3.8, 4) is 5.88 Å². The van der Waals surface area contributed by atoms with Gasteiger partial charge >= 0.3 is 0 Å². The van der Waals surface area contributed by atoms with Crippen LogP contribution in [0.25, 0.3) is 0 Å². The van der Waals surface area contributed by atoms with Gasteiger partial charge in [-0.1, -0.05) is 27.7 Å². The first kappa shape index (κ1) is 16.9. The van der Waals surface area contributed by atoms with Crippen molar-refractivity contribution in [3.63, 3.8) is 0 Å². The molecule has 0 fully saturated rings. The SMILES string of the molecule is CCN(CC)C(CC)(CC)C(O)c1nccnc1OC. The predicted molar refractivity (Wildman–Crippen MR) is 79.8 cm³/mol. The van der Waals surface area contributed by atoms with Crippen molar-refractivity contribution in [2.24, 2.45) is 0 Å². The van der Waals surface area contributed by atoms with Gasteiger partial charge < -0.3 is 9.84 Å². The molecular weight excluding hydrogens is 254 g/mol. The third kappa shape index (κ3) is 2.94. The number of likely N-dealkylation sites (N-methyl/N-ethyl adjacent to an activating group) is 1. The molecule has 0 saturated heterocycles. The second-order valence-corrected chi connectivity index (χ2v) is 4.84. The highest BCUT2D eigenvalue weighted by Gasteiger charge is 2.42. The number of ether oxygens (including phenoxy) is 1. The lowest BCUT2D eigenvalue weighted by Gasteiger charge is -2.45. The summed E-state index contributed by atoms with van der Waals surface area (Å²) in [6.45, 7) is 10.2. The summed E-state index contributed by atoms with van der Waals surface area (Å²) in [7, 11) is 1.55. The third-order valence-corrected chi connectivity index (χ3v) is 4.27. The van der Waals surface area contributed by atoms with Gasteiger partial charge in [0.25, 0.3) is 0 Å². The van der Waals surface area contributed by atoms with Crippen LogP contribution in [-0.4, -0.2) is 45.7 Å². The van der Waals surface area contributed by atoms with Crippen molar-refractivity contribution in [1.29, 1.82) is 0 Å². The van der Waals surface area contributed by atoms with Crippen LogP contribution in [-0.2, 0) is 0 Å². The molecule has 1 rings (SSSR count). The maximum atomic E-state index is 11.0. The fourth-order valence-electron chi connectivity index (χ4n) is 3.05. The molecule has 114 valence electrons. The smallest absolute Gasteiger partial charge is 0.238 e. The first-order chi connectivity index (χ1) is 9.61. The molecule has 0 aliphatic carbocycles. The Bertz CT molecular complexity index is 404. The van der Waals surface area contributed by atoms with E-state index in [0.717, 1.165) is 25.9 Å². The second kappa shape index (κ2) is 7.55. The number of hydrogen-bond donors (Lipinski definition) is 1. The van der Waals surface area contributed by atoms with Gasteiger partial charge in [-0.25, -0.2) is 4.98 Å². The molecule has 1 aromatic heterocycles. The number of aromatic nitrogens is 2. The molecule has 5 nitrogen and oxygen atoms in total. The summed E-state index contributed by atoms with van der Waals surface area (Å²) >= 11 is 0. The molecule has 0 aliphatic heterocycles. The molecule has 1 unspecified atom stereocenters. The molecule has 1 N–H and O–H groups in total. The Kier molecular flexibility index (Phi) is 6.36. The minimum Gasteiger partial charge on any atom is -0.480 e. The molecule has 0 aliphatic rings. The van der Waals surface area contributed by atoms with Crippen LogP contribution >= 0.6 is 0 Å². The molecule has 20 heavy (non-hydrogen) atoms. The van der Waals surface area contributed by atoms with Crippen LogP contribution in [0.4, 0.5) is 0 Å². The molecule has 1 aromatic rings. The van der Waals surface area contributed by atoms with E-state index in [0.29, 0.717) is 11.6 Å². The lowest BCUT2D eigenvalue weighted by atomic mass is 9.82. The zero-order valence-corrected chi connectivity index (χ0v) is 13.3. The van der Waals surface area contributed by atoms with Gasteiger partial charge in [0, 0.05) is 12.4 Å². The summed E-state index contributed by atoms with van der Waals surface area (Å²) in [5.41, 5.74) is 0.179. The highest BCUT2D eigenvalue weighted by Crippen LogP contribution is 2.38. The maximum absolute atomic E-state index is 11.0. The van der Waals surface area contributed by atoms with E-state index in [2.05, 4.69) is 42.6 Å². The second-order valence-electron chi connectivity index (χ2n) is 4.84. The number of aliphatic hydroxyl groups excluding tert-OH is 1. The van der Waals surface area contributed by atoms with Gasteiger partial charge in [0.1, 0.15) is 11.8 Å². The Hall–Kier alpha value is -1.20. The Labute approximate surface area is 122 Å². The van der Waals surface area contributed by atoms with Crippen molar-refractivity contribution in [1.82, 2.24) is 14.9 Å². The van der Waals surface area contributed by atoms with Crippen LogP contribution in [0.15, 0.2) is 12.4 Å². The number of aliphatic hydroxyl groups is 1. The minimum atomic E-state index is -0.721. The standard InChI is InChI=1S/C15H27N3O2/c1-6-15(7-2,18(8-3)9-4)13(19)12-14(20-5)17-11-10-16-12/h10-11,13,19H,6-9H2,1-5H3. The van der Waals surface area contributed by atoms with E-state index in [9.17, 15) is 5.11 Å². The average molecular weight is 281 g/mol. The number of nitrogens with zero attached hydrogens (tertiary/aromatic N) is 3. The molecule has 5 heteroatoms. The van der Waals surface area contributed by atoms with Gasteiger partial charge in [-0.05, 0) is 25.9 Å². The van der Waals surface area contributed by atoms with E-state index >= 15 is 0 Å². The molecule has 1 atom stereocenters. The Morgan fingerprint density at radius 3 is 2.15 bits per heavy atom. The van der Waals surface area contributed by atoms with Crippen molar-refractivity contribution in [2.75, 3.05) is 20.2 Å². The van der Waals surface area contributed by atoms with Crippen LogP contribution in [0.5, 0.6) is 5.88 Å². The Balaban J connectivity index is 3.26. The monoisotopic (exact) mass is 281 g/mol. The third-order valence-electron chi connectivity index (χ3n) is 4.27. The molecule has 0 spiro atoms. The van der Waals surface area contributed by atoms with Crippen molar-refractivity contribution in [3.05, 3.63) is 18.1 Å². The van der Waals surface area contributed by atoms with E-state index in [1.807, 2.05) is 0 Å². The Morgan fingerprint density at radius 2 is 1.70 bits per heavy atom. The van der Waals surface area contributed by atoms with Crippen LogP contribution in [0.2, 0.25) is 0 Å². The van der Waals surface area contributed by atoms with Gasteiger partial charge in [0.15, 0.2) is 0 Å². The molecular formula is C15H27N3O2. The van der Waals surface area contributed by atoms with E-state index in [1.165, 1.54) is 0 Å². The van der Waals surface area contributed by atoms with E-state index in [-0.39, 0.29) is 5.54 Å². The molecule has 0 aromatic carbocycles. The zero-order valence-electron chi connectivity index (χ0n) is 13.3. The fraction of sp³-hybridized carbons (Fsp3) is 0.733. The quantitative estimate of drug-likeness (QED) is 0.793. The van der Waals surface area contributed by atoms with Crippen LogP contribution < -0.4 is 4.74 Å². The number of methoxy groups -OCH3 is 1. The largest absolute Gasteiger partial charge is 0.480 e. The van der Waals surface area contributed by atoms with Crippen molar-refractivity contribution in [2.45, 2.75) is 52.2 Å². The van der Waals surface area contributed by atoms with Gasteiger partial charge in [-0.3, -0.25) is 9.88 Å². The highest BCUT2D eigenvalue weighted by atomic mass is 16.5. The lowest BCUT2D eigenvalue weighted by molar-refractivity contribution is -0.0400. The van der Waals surface area contributed by atoms with Crippen molar-refractivity contribution < 1.29 is 9.84 Å². The zero-order chi connectivity index (χ0) is 15.2. The van der Waals surface area contributed by atoms with Crippen LogP contribution in [0.3, 0.4) is 0 Å². The maximum Gasteiger partial charge on any atom is 0.238 e. The van der Waals surface area contributed by atoms with Gasteiger partial charge in [0.05, 0.1) is 12.6 Å². The predicted octanol–water partition coefficient (Wildman–Crippen LogP) is 2.42. The Morgan fingerprint density at radius 1 is 1.15 bits per heavy atom. The first-order valence-electron chi connectivity index (χ1n) is 7.39. The van der Waals surface area contributed by atoms with E-state index in [1.54, 1.807) is 19.5 Å². The average Bonchev–Trinajstić information content (AvgIpc) is 2.52. The summed E-state index contributed by atoms with van der Waals surface area (Å²) in [5, 5.41) is 11.0. The van der Waals surface area contributed by atoms with Gasteiger partial charge in [-0.15, -0.1) is 0 Å². The molecule has 0 bridgehead atoms. The minimum absolute atomic E-state index is 0.340.